The van der Waals surface area contributed by atoms with Crippen molar-refractivity contribution in [3.8, 4) is 0 Å². The maximum atomic E-state index is 9.32. The second-order valence-electron chi connectivity index (χ2n) is 7.74. The van der Waals surface area contributed by atoms with Crippen molar-refractivity contribution >= 4 is 5.96 Å². The molecule has 2 atom stereocenters. The third-order valence-electron chi connectivity index (χ3n) is 5.20. The van der Waals surface area contributed by atoms with E-state index in [2.05, 4.69) is 35.9 Å². The van der Waals surface area contributed by atoms with Gasteiger partial charge in [0.2, 0.25) is 0 Å². The summed E-state index contributed by atoms with van der Waals surface area (Å²) in [5.41, 5.74) is 0. The minimum Gasteiger partial charge on any atom is -0.396 e. The minimum absolute atomic E-state index is 0.256. The Bertz CT molecular complexity index is 397. The lowest BCUT2D eigenvalue weighted by atomic mass is 9.94. The Labute approximate surface area is 153 Å². The maximum Gasteiger partial charge on any atom is 0.193 e. The number of guanidine groups is 1. The SMILES string of the molecule is CCNC(=NCC(CCO)CC(C)C)N1CCC(N2CCOCC2)C1. The maximum absolute atomic E-state index is 9.32. The number of nitrogens with zero attached hydrogens (tertiary/aromatic N) is 3. The van der Waals surface area contributed by atoms with Crippen LogP contribution >= 0.6 is 0 Å². The molecule has 0 saturated carbocycles. The number of hydrogen-bond donors (Lipinski definition) is 2. The van der Waals surface area contributed by atoms with Crippen LogP contribution < -0.4 is 5.32 Å². The number of ether oxygens (including phenoxy) is 1. The first-order chi connectivity index (χ1) is 12.1. The van der Waals surface area contributed by atoms with Crippen LogP contribution in [-0.2, 0) is 4.74 Å². The van der Waals surface area contributed by atoms with Crippen LogP contribution in [0.25, 0.3) is 0 Å². The Balaban J connectivity index is 1.92. The normalized spacial score (nSPS) is 24.1. The van der Waals surface area contributed by atoms with Crippen LogP contribution in [0.1, 0.15) is 40.0 Å². The van der Waals surface area contributed by atoms with Gasteiger partial charge in [0.15, 0.2) is 5.96 Å². The van der Waals surface area contributed by atoms with Crippen LogP contribution in [-0.4, -0.2) is 86.0 Å². The van der Waals surface area contributed by atoms with Gasteiger partial charge in [-0.1, -0.05) is 13.8 Å². The molecule has 0 spiro atoms. The van der Waals surface area contributed by atoms with Gasteiger partial charge in [-0.2, -0.15) is 0 Å². The second kappa shape index (κ2) is 11.0. The third kappa shape index (κ3) is 6.76. The van der Waals surface area contributed by atoms with Crippen molar-refractivity contribution in [3.63, 3.8) is 0 Å². The molecule has 146 valence electrons. The number of aliphatic hydroxyl groups is 1. The van der Waals surface area contributed by atoms with E-state index in [-0.39, 0.29) is 6.61 Å². The van der Waals surface area contributed by atoms with Crippen molar-refractivity contribution in [1.82, 2.24) is 15.1 Å². The molecule has 2 unspecified atom stereocenters. The summed E-state index contributed by atoms with van der Waals surface area (Å²) >= 11 is 0. The van der Waals surface area contributed by atoms with Gasteiger partial charge in [0.1, 0.15) is 0 Å². The summed E-state index contributed by atoms with van der Waals surface area (Å²) < 4.78 is 5.48. The molecule has 0 aromatic heterocycles. The van der Waals surface area contributed by atoms with E-state index in [9.17, 15) is 5.11 Å². The fraction of sp³-hybridized carbons (Fsp3) is 0.947. The van der Waals surface area contributed by atoms with Crippen LogP contribution in [0.2, 0.25) is 0 Å². The van der Waals surface area contributed by atoms with Gasteiger partial charge < -0.3 is 20.1 Å². The molecule has 25 heavy (non-hydrogen) atoms. The molecule has 0 amide bonds. The highest BCUT2D eigenvalue weighted by Crippen LogP contribution is 2.19. The zero-order chi connectivity index (χ0) is 18.1. The number of morpholine rings is 1. The Hall–Kier alpha value is -0.850. The average Bonchev–Trinajstić information content (AvgIpc) is 3.09. The molecule has 0 aromatic carbocycles. The lowest BCUT2D eigenvalue weighted by Crippen LogP contribution is -2.46. The smallest absolute Gasteiger partial charge is 0.193 e. The first-order valence-corrected chi connectivity index (χ1v) is 10.1. The molecule has 6 nitrogen and oxygen atoms in total. The predicted octanol–water partition coefficient (Wildman–Crippen LogP) is 1.40. The highest BCUT2D eigenvalue weighted by Gasteiger charge is 2.30. The Morgan fingerprint density at radius 3 is 2.68 bits per heavy atom. The first kappa shape index (κ1) is 20.5. The Morgan fingerprint density at radius 1 is 1.28 bits per heavy atom. The quantitative estimate of drug-likeness (QED) is 0.510. The first-order valence-electron chi connectivity index (χ1n) is 10.1. The van der Waals surface area contributed by atoms with Crippen LogP contribution in [0, 0.1) is 11.8 Å². The second-order valence-corrected chi connectivity index (χ2v) is 7.74. The minimum atomic E-state index is 0.256. The summed E-state index contributed by atoms with van der Waals surface area (Å²) in [6, 6.07) is 0.622. The summed E-state index contributed by atoms with van der Waals surface area (Å²) in [6.45, 7) is 14.5. The molecule has 2 saturated heterocycles. The highest BCUT2D eigenvalue weighted by atomic mass is 16.5. The van der Waals surface area contributed by atoms with Crippen molar-refractivity contribution < 1.29 is 9.84 Å². The molecule has 0 bridgehead atoms. The van der Waals surface area contributed by atoms with Gasteiger partial charge in [0.25, 0.3) is 0 Å². The van der Waals surface area contributed by atoms with E-state index in [4.69, 9.17) is 9.73 Å². The topological polar surface area (TPSA) is 60.3 Å². The summed E-state index contributed by atoms with van der Waals surface area (Å²) in [4.78, 5) is 9.91. The lowest BCUT2D eigenvalue weighted by Gasteiger charge is -2.32. The predicted molar refractivity (Wildman–Crippen MR) is 103 cm³/mol. The van der Waals surface area contributed by atoms with E-state index in [0.717, 1.165) is 71.3 Å². The molecule has 2 aliphatic heterocycles. The zero-order valence-electron chi connectivity index (χ0n) is 16.4. The molecule has 2 heterocycles. The van der Waals surface area contributed by atoms with Crippen molar-refractivity contribution in [2.75, 3.05) is 59.1 Å². The molecule has 0 radical (unpaired) electrons. The van der Waals surface area contributed by atoms with Crippen LogP contribution in [0.15, 0.2) is 4.99 Å². The van der Waals surface area contributed by atoms with Gasteiger partial charge in [-0.15, -0.1) is 0 Å². The van der Waals surface area contributed by atoms with E-state index in [1.165, 1.54) is 6.42 Å². The van der Waals surface area contributed by atoms with E-state index < -0.39 is 0 Å². The molecular weight excluding hydrogens is 316 g/mol. The van der Waals surface area contributed by atoms with Crippen molar-refractivity contribution in [2.45, 2.75) is 46.1 Å². The summed E-state index contributed by atoms with van der Waals surface area (Å²) in [7, 11) is 0. The largest absolute Gasteiger partial charge is 0.396 e. The molecule has 0 aromatic rings. The highest BCUT2D eigenvalue weighted by molar-refractivity contribution is 5.80. The van der Waals surface area contributed by atoms with E-state index in [0.29, 0.717) is 17.9 Å². The van der Waals surface area contributed by atoms with Gasteiger partial charge in [-0.3, -0.25) is 9.89 Å². The Kier molecular flexibility index (Phi) is 8.99. The number of likely N-dealkylation sites (tertiary alicyclic amines) is 1. The van der Waals surface area contributed by atoms with E-state index in [1.807, 2.05) is 0 Å². The molecule has 2 N–H and O–H groups in total. The number of aliphatic imine (C=N–C) groups is 1. The van der Waals surface area contributed by atoms with Crippen LogP contribution in [0.4, 0.5) is 0 Å². The molecule has 2 fully saturated rings. The number of hydrogen-bond acceptors (Lipinski definition) is 4. The standard InChI is InChI=1S/C19H38N4O2/c1-4-20-19(21-14-17(6-10-24)13-16(2)3)23-7-5-18(15-23)22-8-11-25-12-9-22/h16-18,24H,4-15H2,1-3H3,(H,20,21). The molecular formula is C19H38N4O2. The molecule has 0 aliphatic carbocycles. The summed E-state index contributed by atoms with van der Waals surface area (Å²) in [5.74, 6) is 2.16. The van der Waals surface area contributed by atoms with Crippen molar-refractivity contribution in [1.29, 1.82) is 0 Å². The monoisotopic (exact) mass is 354 g/mol. The molecule has 2 aliphatic rings. The van der Waals surface area contributed by atoms with E-state index in [1.54, 1.807) is 0 Å². The Morgan fingerprint density at radius 2 is 2.04 bits per heavy atom. The van der Waals surface area contributed by atoms with Gasteiger partial charge in [-0.05, 0) is 38.0 Å². The zero-order valence-corrected chi connectivity index (χ0v) is 16.4. The van der Waals surface area contributed by atoms with Crippen LogP contribution in [0.3, 0.4) is 0 Å². The van der Waals surface area contributed by atoms with Gasteiger partial charge in [0.05, 0.1) is 13.2 Å². The molecule has 6 heteroatoms. The lowest BCUT2D eigenvalue weighted by molar-refractivity contribution is 0.0195. The number of nitrogens with one attached hydrogen (secondary N) is 1. The third-order valence-corrected chi connectivity index (χ3v) is 5.20. The number of rotatable bonds is 8. The fourth-order valence-corrected chi connectivity index (χ4v) is 3.95. The van der Waals surface area contributed by atoms with Gasteiger partial charge in [0, 0.05) is 51.9 Å². The number of aliphatic hydroxyl groups excluding tert-OH is 1. The molecule has 2 rings (SSSR count). The van der Waals surface area contributed by atoms with Gasteiger partial charge >= 0.3 is 0 Å². The fourth-order valence-electron chi connectivity index (χ4n) is 3.95. The summed E-state index contributed by atoms with van der Waals surface area (Å²) in [6.07, 6.45) is 3.17. The van der Waals surface area contributed by atoms with Crippen LogP contribution in [0.5, 0.6) is 0 Å². The van der Waals surface area contributed by atoms with E-state index >= 15 is 0 Å². The van der Waals surface area contributed by atoms with Gasteiger partial charge in [-0.25, -0.2) is 0 Å². The van der Waals surface area contributed by atoms with Crippen molar-refractivity contribution in [2.24, 2.45) is 16.8 Å². The van der Waals surface area contributed by atoms with Crippen molar-refractivity contribution in [3.05, 3.63) is 0 Å². The summed E-state index contributed by atoms with van der Waals surface area (Å²) in [5, 5.41) is 12.8. The average molecular weight is 355 g/mol.